The summed E-state index contributed by atoms with van der Waals surface area (Å²) in [5.74, 6) is 0.0926. The summed E-state index contributed by atoms with van der Waals surface area (Å²) in [6, 6.07) is 15.8. The Hall–Kier alpha value is -3.42. The number of carbonyl (C=O) groups is 2. The highest BCUT2D eigenvalue weighted by Crippen LogP contribution is 2.46. The molecule has 0 bridgehead atoms. The van der Waals surface area contributed by atoms with E-state index in [0.717, 1.165) is 56.2 Å². The smallest absolute Gasteiger partial charge is 0.341 e. The van der Waals surface area contributed by atoms with Gasteiger partial charge in [-0.2, -0.15) is 0 Å². The van der Waals surface area contributed by atoms with Crippen molar-refractivity contribution in [1.29, 1.82) is 0 Å². The molecule has 2 heterocycles. The van der Waals surface area contributed by atoms with Crippen LogP contribution >= 0.6 is 22.7 Å². The van der Waals surface area contributed by atoms with Crippen molar-refractivity contribution in [1.82, 2.24) is 0 Å². The van der Waals surface area contributed by atoms with E-state index in [0.29, 0.717) is 16.1 Å². The van der Waals surface area contributed by atoms with E-state index < -0.39 is 5.97 Å². The number of benzene rings is 2. The van der Waals surface area contributed by atoms with Gasteiger partial charge in [-0.05, 0) is 48.6 Å². The Morgan fingerprint density at radius 3 is 2.53 bits per heavy atom. The maximum atomic E-state index is 13.5. The van der Waals surface area contributed by atoms with Gasteiger partial charge in [0.05, 0.1) is 19.8 Å². The number of hydrogen-bond donors (Lipinski definition) is 1. The molecule has 1 N–H and O–H groups in total. The van der Waals surface area contributed by atoms with Crippen molar-refractivity contribution in [2.75, 3.05) is 19.5 Å². The lowest BCUT2D eigenvalue weighted by atomic mass is 9.88. The molecule has 0 fully saturated rings. The van der Waals surface area contributed by atoms with Gasteiger partial charge in [-0.3, -0.25) is 4.79 Å². The molecular formula is C27H23NO4S2. The van der Waals surface area contributed by atoms with Crippen LogP contribution in [0.1, 0.15) is 36.0 Å². The van der Waals surface area contributed by atoms with Crippen molar-refractivity contribution in [2.24, 2.45) is 0 Å². The van der Waals surface area contributed by atoms with E-state index in [4.69, 9.17) is 9.47 Å². The highest BCUT2D eigenvalue weighted by atomic mass is 32.1. The Bertz CT molecular complexity index is 1400. The fourth-order valence-electron chi connectivity index (χ4n) is 4.48. The minimum absolute atomic E-state index is 0.234. The average molecular weight is 490 g/mol. The predicted octanol–water partition coefficient (Wildman–Crippen LogP) is 6.60. The second kappa shape index (κ2) is 9.08. The Balaban J connectivity index is 1.57. The van der Waals surface area contributed by atoms with Gasteiger partial charge in [-0.1, -0.05) is 36.4 Å². The lowest BCUT2D eigenvalue weighted by Crippen LogP contribution is -2.15. The van der Waals surface area contributed by atoms with Crippen LogP contribution < -0.4 is 10.1 Å². The molecule has 1 aliphatic rings. The monoisotopic (exact) mass is 489 g/mol. The minimum atomic E-state index is -0.457. The third kappa shape index (κ3) is 3.81. The normalized spacial score (nSPS) is 12.0. The van der Waals surface area contributed by atoms with E-state index >= 15 is 0 Å². The standard InChI is InChI=1S/C27H23NO4S2/c1-15-22(16-7-5-4-6-8-16)20(14-33-15)25(29)28-26-24(27(30)32-3)23-19-11-10-18(31-2)13-17(19)9-12-21(23)34-26/h4-8,10-11,13-14H,9,12H2,1-3H3,(H,28,29). The van der Waals surface area contributed by atoms with Crippen molar-refractivity contribution < 1.29 is 19.1 Å². The third-order valence-corrected chi connectivity index (χ3v) is 8.16. The van der Waals surface area contributed by atoms with E-state index in [1.54, 1.807) is 18.4 Å². The SMILES string of the molecule is COC(=O)c1c(NC(=O)c2csc(C)c2-c2ccccc2)sc2c1-c1ccc(OC)cc1CC2. The quantitative estimate of drug-likeness (QED) is 0.321. The molecule has 1 aliphatic carbocycles. The number of esters is 1. The van der Waals surface area contributed by atoms with E-state index in [1.807, 2.05) is 60.8 Å². The molecule has 0 atom stereocenters. The van der Waals surface area contributed by atoms with Gasteiger partial charge in [0, 0.05) is 26.3 Å². The Labute approximate surface area is 206 Å². The van der Waals surface area contributed by atoms with Crippen LogP contribution in [0.4, 0.5) is 5.00 Å². The predicted molar refractivity (Wildman–Crippen MR) is 137 cm³/mol. The number of fused-ring (bicyclic) bond motifs is 3. The van der Waals surface area contributed by atoms with Gasteiger partial charge in [0.15, 0.2) is 0 Å². The summed E-state index contributed by atoms with van der Waals surface area (Å²) in [5, 5.41) is 5.43. The number of aryl methyl sites for hydroxylation is 3. The second-order valence-electron chi connectivity index (χ2n) is 8.02. The largest absolute Gasteiger partial charge is 0.497 e. The molecule has 0 aliphatic heterocycles. The van der Waals surface area contributed by atoms with Gasteiger partial charge in [0.1, 0.15) is 16.3 Å². The molecule has 5 rings (SSSR count). The van der Waals surface area contributed by atoms with Gasteiger partial charge in [-0.25, -0.2) is 4.79 Å². The number of rotatable bonds is 5. The zero-order chi connectivity index (χ0) is 23.8. The van der Waals surface area contributed by atoms with Crippen LogP contribution in [0.25, 0.3) is 22.3 Å². The lowest BCUT2D eigenvalue weighted by molar-refractivity contribution is 0.0603. The van der Waals surface area contributed by atoms with E-state index in [9.17, 15) is 9.59 Å². The first kappa shape index (κ1) is 22.4. The molecule has 2 aromatic heterocycles. The van der Waals surface area contributed by atoms with Crippen molar-refractivity contribution >= 4 is 39.6 Å². The number of hydrogen-bond acceptors (Lipinski definition) is 6. The molecule has 0 saturated carbocycles. The maximum absolute atomic E-state index is 13.5. The minimum Gasteiger partial charge on any atom is -0.497 e. The zero-order valence-electron chi connectivity index (χ0n) is 19.1. The first-order valence-electron chi connectivity index (χ1n) is 10.9. The highest BCUT2D eigenvalue weighted by molar-refractivity contribution is 7.17. The van der Waals surface area contributed by atoms with E-state index in [-0.39, 0.29) is 5.91 Å². The Morgan fingerprint density at radius 1 is 1.00 bits per heavy atom. The van der Waals surface area contributed by atoms with E-state index in [1.165, 1.54) is 18.4 Å². The topological polar surface area (TPSA) is 64.6 Å². The zero-order valence-corrected chi connectivity index (χ0v) is 20.7. The van der Waals surface area contributed by atoms with Crippen LogP contribution in [0.2, 0.25) is 0 Å². The third-order valence-electron chi connectivity index (χ3n) is 6.08. The molecule has 0 radical (unpaired) electrons. The van der Waals surface area contributed by atoms with Crippen molar-refractivity contribution in [2.45, 2.75) is 19.8 Å². The molecule has 4 aromatic rings. The molecule has 0 saturated heterocycles. The van der Waals surface area contributed by atoms with Gasteiger partial charge in [-0.15, -0.1) is 22.7 Å². The number of thiophene rings is 2. The number of ether oxygens (including phenoxy) is 2. The molecule has 34 heavy (non-hydrogen) atoms. The van der Waals surface area contributed by atoms with Gasteiger partial charge in [0.25, 0.3) is 5.91 Å². The number of nitrogens with one attached hydrogen (secondary N) is 1. The molecule has 2 aromatic carbocycles. The number of anilines is 1. The Kier molecular flexibility index (Phi) is 5.98. The second-order valence-corrected chi connectivity index (χ2v) is 10.2. The first-order chi connectivity index (χ1) is 16.5. The van der Waals surface area contributed by atoms with Crippen LogP contribution in [-0.2, 0) is 17.6 Å². The fraction of sp³-hybridized carbons (Fsp3) is 0.185. The lowest BCUT2D eigenvalue weighted by Gasteiger charge is -2.18. The fourth-order valence-corrected chi connectivity index (χ4v) is 6.54. The summed E-state index contributed by atoms with van der Waals surface area (Å²) in [7, 11) is 3.01. The molecule has 1 amide bonds. The van der Waals surface area contributed by atoms with Crippen LogP contribution in [0.3, 0.4) is 0 Å². The molecule has 7 heteroatoms. The van der Waals surface area contributed by atoms with Gasteiger partial charge >= 0.3 is 5.97 Å². The van der Waals surface area contributed by atoms with Crippen LogP contribution in [0.5, 0.6) is 5.75 Å². The van der Waals surface area contributed by atoms with Crippen molar-refractivity contribution in [3.63, 3.8) is 0 Å². The van der Waals surface area contributed by atoms with Crippen LogP contribution in [0.15, 0.2) is 53.9 Å². The summed E-state index contributed by atoms with van der Waals surface area (Å²) >= 11 is 2.99. The maximum Gasteiger partial charge on any atom is 0.341 e. The Morgan fingerprint density at radius 2 is 1.79 bits per heavy atom. The molecular weight excluding hydrogens is 466 g/mol. The summed E-state index contributed by atoms with van der Waals surface area (Å²) in [6.07, 6.45) is 1.63. The number of carbonyl (C=O) groups excluding carboxylic acids is 2. The summed E-state index contributed by atoms with van der Waals surface area (Å²) in [6.45, 7) is 2.01. The first-order valence-corrected chi connectivity index (χ1v) is 12.6. The summed E-state index contributed by atoms with van der Waals surface area (Å²) < 4.78 is 10.5. The molecule has 5 nitrogen and oxygen atoms in total. The molecule has 172 valence electrons. The molecule has 0 unspecified atom stereocenters. The molecule has 0 spiro atoms. The highest BCUT2D eigenvalue weighted by Gasteiger charge is 2.31. The number of methoxy groups -OCH3 is 2. The average Bonchev–Trinajstić information content (AvgIpc) is 3.43. The number of amides is 1. The summed E-state index contributed by atoms with van der Waals surface area (Å²) in [4.78, 5) is 28.5. The van der Waals surface area contributed by atoms with Gasteiger partial charge in [0.2, 0.25) is 0 Å². The van der Waals surface area contributed by atoms with Gasteiger partial charge < -0.3 is 14.8 Å². The van der Waals surface area contributed by atoms with E-state index in [2.05, 4.69) is 5.32 Å². The van der Waals surface area contributed by atoms with Crippen molar-refractivity contribution in [3.05, 3.63) is 80.4 Å². The van der Waals surface area contributed by atoms with Crippen LogP contribution in [-0.4, -0.2) is 26.1 Å². The van der Waals surface area contributed by atoms with Crippen LogP contribution in [0, 0.1) is 6.92 Å². The van der Waals surface area contributed by atoms with Crippen molar-refractivity contribution in [3.8, 4) is 28.0 Å². The summed E-state index contributed by atoms with van der Waals surface area (Å²) in [5.41, 5.74) is 5.87.